The molecule has 2 saturated carbocycles. The highest BCUT2D eigenvalue weighted by Crippen LogP contribution is 2.54. The van der Waals surface area contributed by atoms with Gasteiger partial charge in [-0.15, -0.1) is 0 Å². The normalized spacial score (nSPS) is 27.0. The minimum Gasteiger partial charge on any atom is -0.507 e. The number of Topliss-reactive ketones (excluding diaryl/α,β-unsaturated/α-hetero) is 2. The Bertz CT molecular complexity index is 1680. The van der Waals surface area contributed by atoms with Crippen molar-refractivity contribution in [2.75, 3.05) is 60.3 Å². The van der Waals surface area contributed by atoms with Gasteiger partial charge in [-0.05, 0) is 76.3 Å². The highest BCUT2D eigenvalue weighted by atomic mass is 16.3. The molecule has 2 unspecified atom stereocenters. The fraction of sp³-hybridized carbons (Fsp3) is 0.471. The number of rotatable bonds is 8. The van der Waals surface area contributed by atoms with Crippen molar-refractivity contribution in [2.45, 2.75) is 30.6 Å². The molecule has 252 valence electrons. The lowest BCUT2D eigenvalue weighted by atomic mass is 9.54. The molecular weight excluding hydrogens is 606 g/mol. The van der Waals surface area contributed by atoms with E-state index < -0.39 is 58.7 Å². The monoisotopic (exact) mass is 649 g/mol. The average Bonchev–Trinajstić information content (AvgIpc) is 2.98. The lowest BCUT2D eigenvalue weighted by Crippen LogP contribution is -2.73. The van der Waals surface area contributed by atoms with E-state index in [4.69, 9.17) is 5.73 Å². The van der Waals surface area contributed by atoms with Crippen LogP contribution in [0.15, 0.2) is 35.9 Å². The van der Waals surface area contributed by atoms with Gasteiger partial charge in [0.15, 0.2) is 11.4 Å². The smallest absolute Gasteiger partial charge is 0.251 e. The van der Waals surface area contributed by atoms with Gasteiger partial charge in [-0.25, -0.2) is 0 Å². The molecule has 0 radical (unpaired) electrons. The van der Waals surface area contributed by atoms with Crippen LogP contribution < -0.4 is 16.0 Å². The minimum absolute atomic E-state index is 0.0207. The van der Waals surface area contributed by atoms with E-state index in [1.54, 1.807) is 63.4 Å². The number of aromatic hydroxyl groups is 1. The third kappa shape index (κ3) is 5.46. The molecule has 0 spiro atoms. The van der Waals surface area contributed by atoms with Crippen LogP contribution in [0.4, 0.5) is 5.69 Å². The summed E-state index contributed by atoms with van der Waals surface area (Å²) in [5.41, 5.74) is 4.82. The van der Waals surface area contributed by atoms with E-state index in [-0.39, 0.29) is 35.6 Å². The van der Waals surface area contributed by atoms with Crippen molar-refractivity contribution in [1.29, 1.82) is 0 Å². The molecule has 2 fully saturated rings. The maximum atomic E-state index is 14.2. The van der Waals surface area contributed by atoms with Crippen LogP contribution in [-0.4, -0.2) is 127 Å². The second-order valence-electron chi connectivity index (χ2n) is 13.5. The standard InChI is InChI=1S/C34H43N5O8/c1-37(2)11-10-36-33(46)17-9-7-8-16(12-17)19-15-22(38(3)4)20-13-18-14-21-26(39(5)6)29(42)25(32(35)45)31(44)34(21,47)30(43)23(18)28(41)24(20)27(19)40/h7-9,12,15,18,21,25-26,29,40-42,47H,10-11,13-14H2,1-6H3,(H2,35,45)(H,36,46)/t18-,21-,25?,26-,29?,34-/m0/s1. The molecule has 0 bridgehead atoms. The van der Waals surface area contributed by atoms with Gasteiger partial charge in [0.05, 0.1) is 11.7 Å². The van der Waals surface area contributed by atoms with Gasteiger partial charge in [0, 0.05) is 61.5 Å². The Hall–Kier alpha value is -4.30. The van der Waals surface area contributed by atoms with Gasteiger partial charge >= 0.3 is 0 Å². The molecule has 2 aromatic carbocycles. The number of ketones is 2. The Morgan fingerprint density at radius 2 is 1.74 bits per heavy atom. The summed E-state index contributed by atoms with van der Waals surface area (Å²) in [4.78, 5) is 58.4. The zero-order valence-corrected chi connectivity index (χ0v) is 27.4. The van der Waals surface area contributed by atoms with Gasteiger partial charge in [0.25, 0.3) is 5.91 Å². The first kappa shape index (κ1) is 34.0. The molecule has 13 nitrogen and oxygen atoms in total. The van der Waals surface area contributed by atoms with Crippen molar-refractivity contribution in [3.05, 3.63) is 52.6 Å². The Labute approximate surface area is 273 Å². The van der Waals surface area contributed by atoms with Crippen molar-refractivity contribution in [3.63, 3.8) is 0 Å². The number of nitrogens with one attached hydrogen (secondary N) is 1. The number of nitrogens with zero attached hydrogens (tertiary/aromatic N) is 3. The topological polar surface area (TPSA) is 197 Å². The van der Waals surface area contributed by atoms with Crippen LogP contribution in [0.3, 0.4) is 0 Å². The Kier molecular flexibility index (Phi) is 8.97. The summed E-state index contributed by atoms with van der Waals surface area (Å²) in [6.45, 7) is 1.09. The second-order valence-corrected chi connectivity index (χ2v) is 13.5. The summed E-state index contributed by atoms with van der Waals surface area (Å²) in [7, 11) is 10.6. The van der Waals surface area contributed by atoms with E-state index in [1.165, 1.54) is 0 Å². The van der Waals surface area contributed by atoms with Crippen LogP contribution in [0.1, 0.15) is 27.9 Å². The summed E-state index contributed by atoms with van der Waals surface area (Å²) in [6.07, 6.45) is -1.36. The lowest BCUT2D eigenvalue weighted by Gasteiger charge is -2.53. The van der Waals surface area contributed by atoms with Gasteiger partial charge in [-0.2, -0.15) is 0 Å². The van der Waals surface area contributed by atoms with Crippen LogP contribution in [0, 0.1) is 17.8 Å². The number of anilines is 1. The fourth-order valence-corrected chi connectivity index (χ4v) is 7.59. The van der Waals surface area contributed by atoms with Crippen LogP contribution in [0.2, 0.25) is 0 Å². The number of hydrogen-bond acceptors (Lipinski definition) is 11. The molecule has 0 aliphatic heterocycles. The van der Waals surface area contributed by atoms with E-state index >= 15 is 0 Å². The highest BCUT2D eigenvalue weighted by Gasteiger charge is 2.67. The molecule has 3 aliphatic rings. The summed E-state index contributed by atoms with van der Waals surface area (Å²) in [6, 6.07) is 7.45. The number of carbonyl (C=O) groups is 4. The van der Waals surface area contributed by atoms with Gasteiger partial charge in [-0.3, -0.25) is 19.2 Å². The molecule has 47 heavy (non-hydrogen) atoms. The van der Waals surface area contributed by atoms with Crippen molar-refractivity contribution in [1.82, 2.24) is 15.1 Å². The molecule has 0 heterocycles. The number of aliphatic hydroxyl groups excluding tert-OH is 2. The zero-order chi connectivity index (χ0) is 34.7. The molecule has 2 amide bonds. The summed E-state index contributed by atoms with van der Waals surface area (Å²) in [5, 5.41) is 49.4. The number of aliphatic hydroxyl groups is 3. The molecule has 7 N–H and O–H groups in total. The maximum Gasteiger partial charge on any atom is 0.251 e. The number of primary amides is 1. The van der Waals surface area contributed by atoms with Crippen molar-refractivity contribution in [2.24, 2.45) is 23.5 Å². The van der Waals surface area contributed by atoms with Crippen LogP contribution in [0.5, 0.6) is 5.75 Å². The molecular formula is C34H43N5O8. The number of nitrogens with two attached hydrogens (primary N) is 1. The third-order valence-corrected chi connectivity index (χ3v) is 9.83. The number of benzene rings is 2. The molecule has 0 saturated heterocycles. The highest BCUT2D eigenvalue weighted by molar-refractivity contribution is 6.25. The second kappa shape index (κ2) is 12.4. The Morgan fingerprint density at radius 3 is 2.34 bits per heavy atom. The quantitative estimate of drug-likeness (QED) is 0.213. The molecule has 13 heteroatoms. The first-order chi connectivity index (χ1) is 22.0. The first-order valence-corrected chi connectivity index (χ1v) is 15.5. The average molecular weight is 650 g/mol. The van der Waals surface area contributed by atoms with Gasteiger partial charge in [0.1, 0.15) is 17.4 Å². The summed E-state index contributed by atoms with van der Waals surface area (Å²) < 4.78 is 0. The predicted octanol–water partition coefficient (Wildman–Crippen LogP) is 0.153. The van der Waals surface area contributed by atoms with Gasteiger partial charge in [-0.1, -0.05) is 12.1 Å². The molecule has 0 aromatic heterocycles. The molecule has 5 rings (SSSR count). The SMILES string of the molecule is CN(C)CCNC(=O)c1cccc(-c2cc(N(C)C)c3c(c2O)C(O)=C2C(=O)[C@]4(O)C(=O)C(C(N)=O)C(O)[C@@H](N(C)C)[C@@H]4C[C@@H]2C3)c1. The van der Waals surface area contributed by atoms with E-state index in [2.05, 4.69) is 5.32 Å². The first-order valence-electron chi connectivity index (χ1n) is 15.5. The molecule has 6 atom stereocenters. The van der Waals surface area contributed by atoms with Crippen LogP contribution in [-0.2, 0) is 20.8 Å². The van der Waals surface area contributed by atoms with Gasteiger partial charge < -0.3 is 46.2 Å². The van der Waals surface area contributed by atoms with Crippen LogP contribution >= 0.6 is 0 Å². The minimum atomic E-state index is -2.74. The molecule has 2 aromatic rings. The fourth-order valence-electron chi connectivity index (χ4n) is 7.59. The molecule has 3 aliphatic carbocycles. The van der Waals surface area contributed by atoms with E-state index in [1.807, 2.05) is 23.9 Å². The maximum absolute atomic E-state index is 14.2. The number of carbonyl (C=O) groups excluding carboxylic acids is 4. The Morgan fingerprint density at radius 1 is 1.06 bits per heavy atom. The number of likely N-dealkylation sites (N-methyl/N-ethyl adjacent to an activating group) is 2. The zero-order valence-electron chi connectivity index (χ0n) is 27.4. The van der Waals surface area contributed by atoms with Gasteiger partial charge in [0.2, 0.25) is 11.7 Å². The predicted molar refractivity (Wildman–Crippen MR) is 175 cm³/mol. The summed E-state index contributed by atoms with van der Waals surface area (Å²) >= 11 is 0. The number of phenols is 1. The third-order valence-electron chi connectivity index (χ3n) is 9.83. The van der Waals surface area contributed by atoms with Crippen molar-refractivity contribution < 1.29 is 39.6 Å². The Balaban J connectivity index is 1.64. The van der Waals surface area contributed by atoms with Crippen molar-refractivity contribution >= 4 is 34.8 Å². The summed E-state index contributed by atoms with van der Waals surface area (Å²) in [5.74, 6) is -8.29. The number of hydrogen-bond donors (Lipinski definition) is 6. The van der Waals surface area contributed by atoms with Crippen LogP contribution in [0.25, 0.3) is 16.9 Å². The van der Waals surface area contributed by atoms with E-state index in [0.717, 1.165) is 0 Å². The number of fused-ring (bicyclic) bond motifs is 3. The van der Waals surface area contributed by atoms with E-state index in [9.17, 15) is 39.6 Å². The number of amides is 2. The largest absolute Gasteiger partial charge is 0.507 e. The van der Waals surface area contributed by atoms with Crippen molar-refractivity contribution in [3.8, 4) is 16.9 Å². The lowest BCUT2D eigenvalue weighted by molar-refractivity contribution is -0.184. The van der Waals surface area contributed by atoms with E-state index in [0.29, 0.717) is 41.0 Å². The number of phenolic OH excluding ortho intramolecular Hbond substituents is 1.